The second-order valence-corrected chi connectivity index (χ2v) is 7.71. The van der Waals surface area contributed by atoms with Crippen molar-refractivity contribution in [3.05, 3.63) is 87.5 Å². The Morgan fingerprint density at radius 3 is 2.24 bits per heavy atom. The highest BCUT2D eigenvalue weighted by molar-refractivity contribution is 14.1. The van der Waals surface area contributed by atoms with Crippen LogP contribution in [-0.2, 0) is 9.59 Å². The van der Waals surface area contributed by atoms with E-state index in [-0.39, 0.29) is 0 Å². The smallest absolute Gasteiger partial charge is 0.344 e. The number of ether oxygens (including phenoxy) is 2. The molecule has 8 nitrogen and oxygen atoms in total. The lowest BCUT2D eigenvalue weighted by Gasteiger charge is -2.06. The number of esters is 1. The second-order valence-electron chi connectivity index (χ2n) is 6.55. The van der Waals surface area contributed by atoms with Gasteiger partial charge in [-0.05, 0) is 95.7 Å². The van der Waals surface area contributed by atoms with Crippen LogP contribution < -0.4 is 20.2 Å². The van der Waals surface area contributed by atoms with E-state index >= 15 is 0 Å². The Labute approximate surface area is 204 Å². The summed E-state index contributed by atoms with van der Waals surface area (Å²) in [5.41, 5.74) is 3.74. The molecular weight excluding hydrogens is 537 g/mol. The number of amides is 2. The van der Waals surface area contributed by atoms with Crippen LogP contribution in [0.25, 0.3) is 0 Å². The van der Waals surface area contributed by atoms with E-state index in [1.54, 1.807) is 60.7 Å². The van der Waals surface area contributed by atoms with Crippen molar-refractivity contribution in [1.29, 1.82) is 0 Å². The average molecular weight is 557 g/mol. The maximum atomic E-state index is 12.3. The predicted octanol–water partition coefficient (Wildman–Crippen LogP) is 4.00. The van der Waals surface area contributed by atoms with Crippen molar-refractivity contribution in [1.82, 2.24) is 5.43 Å². The van der Waals surface area contributed by atoms with Crippen molar-refractivity contribution in [2.45, 2.75) is 6.92 Å². The van der Waals surface area contributed by atoms with Gasteiger partial charge in [-0.1, -0.05) is 12.1 Å². The Morgan fingerprint density at radius 1 is 0.909 bits per heavy atom. The van der Waals surface area contributed by atoms with E-state index in [1.165, 1.54) is 6.21 Å². The quantitative estimate of drug-likeness (QED) is 0.114. The van der Waals surface area contributed by atoms with Gasteiger partial charge in [0.2, 0.25) is 0 Å². The molecule has 168 valence electrons. The minimum atomic E-state index is -0.914. The molecule has 0 fully saturated rings. The summed E-state index contributed by atoms with van der Waals surface area (Å²) in [7, 11) is 0. The Bertz CT molecular complexity index is 1160. The number of halogens is 1. The number of nitrogens with zero attached hydrogens (tertiary/aromatic N) is 1. The van der Waals surface area contributed by atoms with Gasteiger partial charge in [0.05, 0.1) is 18.4 Å². The highest BCUT2D eigenvalue weighted by atomic mass is 127. The molecular formula is C24H20IN3O5. The second kappa shape index (κ2) is 11.8. The zero-order valence-electron chi connectivity index (χ0n) is 17.6. The zero-order chi connectivity index (χ0) is 23.6. The average Bonchev–Trinajstić information content (AvgIpc) is 2.81. The summed E-state index contributed by atoms with van der Waals surface area (Å²) >= 11 is 2.07. The van der Waals surface area contributed by atoms with E-state index in [0.717, 1.165) is 3.57 Å². The van der Waals surface area contributed by atoms with E-state index in [1.807, 2.05) is 19.1 Å². The number of nitrogens with one attached hydrogen (secondary N) is 2. The molecule has 3 aromatic carbocycles. The van der Waals surface area contributed by atoms with Gasteiger partial charge >= 0.3 is 17.8 Å². The largest absolute Gasteiger partial charge is 0.494 e. The fourth-order valence-corrected chi connectivity index (χ4v) is 3.22. The lowest BCUT2D eigenvalue weighted by molar-refractivity contribution is -0.136. The molecule has 2 N–H and O–H groups in total. The van der Waals surface area contributed by atoms with Gasteiger partial charge in [-0.2, -0.15) is 5.10 Å². The Hall–Kier alpha value is -3.73. The Morgan fingerprint density at radius 2 is 1.58 bits per heavy atom. The van der Waals surface area contributed by atoms with Crippen LogP contribution in [0.5, 0.6) is 11.5 Å². The molecule has 0 aliphatic rings. The normalized spacial score (nSPS) is 10.5. The third-order valence-electron chi connectivity index (χ3n) is 4.19. The minimum Gasteiger partial charge on any atom is -0.494 e. The first-order valence-electron chi connectivity index (χ1n) is 9.90. The molecule has 0 aliphatic heterocycles. The molecule has 0 atom stereocenters. The molecule has 0 aromatic heterocycles. The molecule has 9 heteroatoms. The lowest BCUT2D eigenvalue weighted by Crippen LogP contribution is -2.32. The van der Waals surface area contributed by atoms with Gasteiger partial charge in [0, 0.05) is 9.26 Å². The van der Waals surface area contributed by atoms with Crippen molar-refractivity contribution in [2.75, 3.05) is 11.9 Å². The summed E-state index contributed by atoms with van der Waals surface area (Å²) in [6, 6.07) is 20.3. The molecule has 0 unspecified atom stereocenters. The summed E-state index contributed by atoms with van der Waals surface area (Å²) in [4.78, 5) is 36.2. The van der Waals surface area contributed by atoms with Crippen LogP contribution in [-0.4, -0.2) is 30.6 Å². The van der Waals surface area contributed by atoms with Crippen LogP contribution >= 0.6 is 22.6 Å². The maximum Gasteiger partial charge on any atom is 0.344 e. The molecule has 0 saturated heterocycles. The number of hydrazone groups is 1. The molecule has 3 rings (SSSR count). The number of anilines is 1. The first-order chi connectivity index (χ1) is 16.0. The van der Waals surface area contributed by atoms with E-state index in [2.05, 4.69) is 38.4 Å². The van der Waals surface area contributed by atoms with E-state index < -0.39 is 17.8 Å². The minimum absolute atomic E-state index is 0.371. The topological polar surface area (TPSA) is 106 Å². The molecule has 2 amide bonds. The monoisotopic (exact) mass is 557 g/mol. The number of benzene rings is 3. The van der Waals surface area contributed by atoms with Crippen molar-refractivity contribution < 1.29 is 23.9 Å². The van der Waals surface area contributed by atoms with Crippen LogP contribution in [0, 0.1) is 3.57 Å². The van der Waals surface area contributed by atoms with Gasteiger partial charge < -0.3 is 14.8 Å². The van der Waals surface area contributed by atoms with Crippen molar-refractivity contribution in [3.63, 3.8) is 0 Å². The van der Waals surface area contributed by atoms with Crippen molar-refractivity contribution in [2.24, 2.45) is 5.10 Å². The number of carbonyl (C=O) groups is 3. The van der Waals surface area contributed by atoms with Gasteiger partial charge in [-0.15, -0.1) is 0 Å². The number of hydrogen-bond acceptors (Lipinski definition) is 6. The summed E-state index contributed by atoms with van der Waals surface area (Å²) in [5, 5.41) is 6.25. The fraction of sp³-hybridized carbons (Fsp3) is 0.0833. The van der Waals surface area contributed by atoms with Crippen LogP contribution in [0.3, 0.4) is 0 Å². The molecule has 0 saturated carbocycles. The first-order valence-corrected chi connectivity index (χ1v) is 11.0. The molecule has 33 heavy (non-hydrogen) atoms. The van der Waals surface area contributed by atoms with E-state index in [9.17, 15) is 14.4 Å². The first kappa shape index (κ1) is 23.9. The number of hydrogen-bond donors (Lipinski definition) is 2. The Balaban J connectivity index is 1.49. The van der Waals surface area contributed by atoms with E-state index in [0.29, 0.717) is 34.9 Å². The summed E-state index contributed by atoms with van der Waals surface area (Å²) < 4.78 is 11.5. The molecule has 0 heterocycles. The molecule has 0 spiro atoms. The van der Waals surface area contributed by atoms with E-state index in [4.69, 9.17) is 9.47 Å². The number of rotatable bonds is 7. The van der Waals surface area contributed by atoms with Crippen molar-refractivity contribution >= 4 is 52.3 Å². The molecule has 0 bridgehead atoms. The van der Waals surface area contributed by atoms with Crippen LogP contribution in [0.2, 0.25) is 0 Å². The maximum absolute atomic E-state index is 12.3. The highest BCUT2D eigenvalue weighted by Crippen LogP contribution is 2.17. The van der Waals surface area contributed by atoms with Crippen molar-refractivity contribution in [3.8, 4) is 11.5 Å². The van der Waals surface area contributed by atoms with Crippen LogP contribution in [0.4, 0.5) is 5.69 Å². The molecule has 0 aliphatic carbocycles. The third-order valence-corrected chi connectivity index (χ3v) is 5.13. The Kier molecular flexibility index (Phi) is 8.53. The summed E-state index contributed by atoms with van der Waals surface area (Å²) in [6.45, 7) is 2.41. The lowest BCUT2D eigenvalue weighted by atomic mass is 10.2. The van der Waals surface area contributed by atoms with Crippen LogP contribution in [0.15, 0.2) is 77.9 Å². The highest BCUT2D eigenvalue weighted by Gasteiger charge is 2.13. The summed E-state index contributed by atoms with van der Waals surface area (Å²) in [5.74, 6) is -1.18. The number of carbonyl (C=O) groups excluding carboxylic acids is 3. The fourth-order valence-electron chi connectivity index (χ4n) is 2.62. The molecule has 3 aromatic rings. The SMILES string of the molecule is CCOc1ccc(NC(=O)C(=O)NN=Cc2ccc(OC(=O)c3ccccc3I)cc2)cc1. The standard InChI is InChI=1S/C24H20IN3O5/c1-2-32-18-13-9-17(10-14-18)27-22(29)23(30)28-26-15-16-7-11-19(12-8-16)33-24(31)20-5-3-4-6-21(20)25/h3-15H,2H2,1H3,(H,27,29)(H,28,30). The van der Waals surface area contributed by atoms with Gasteiger partial charge in [0.15, 0.2) is 0 Å². The van der Waals surface area contributed by atoms with Gasteiger partial charge in [0.1, 0.15) is 11.5 Å². The van der Waals surface area contributed by atoms with Gasteiger partial charge in [-0.25, -0.2) is 10.2 Å². The van der Waals surface area contributed by atoms with Crippen LogP contribution in [0.1, 0.15) is 22.8 Å². The third kappa shape index (κ3) is 7.14. The van der Waals surface area contributed by atoms with Gasteiger partial charge in [-0.3, -0.25) is 9.59 Å². The summed E-state index contributed by atoms with van der Waals surface area (Å²) in [6.07, 6.45) is 1.37. The zero-order valence-corrected chi connectivity index (χ0v) is 19.7. The predicted molar refractivity (Wildman–Crippen MR) is 133 cm³/mol. The molecule has 0 radical (unpaired) electrons. The van der Waals surface area contributed by atoms with Gasteiger partial charge in [0.25, 0.3) is 0 Å².